The van der Waals surface area contributed by atoms with Gasteiger partial charge in [0.15, 0.2) is 0 Å². The zero-order valence-corrected chi connectivity index (χ0v) is 12.4. The van der Waals surface area contributed by atoms with Crippen molar-refractivity contribution < 1.29 is 4.79 Å². The molecule has 0 aliphatic carbocycles. The van der Waals surface area contributed by atoms with E-state index in [9.17, 15) is 4.79 Å². The summed E-state index contributed by atoms with van der Waals surface area (Å²) in [4.78, 5) is 12.2. The summed E-state index contributed by atoms with van der Waals surface area (Å²) in [6.07, 6.45) is 4.02. The van der Waals surface area contributed by atoms with Gasteiger partial charge >= 0.3 is 0 Å². The van der Waals surface area contributed by atoms with E-state index in [1.807, 2.05) is 73.9 Å². The molecule has 0 bridgehead atoms. The minimum atomic E-state index is -0.0532. The van der Waals surface area contributed by atoms with E-state index in [0.29, 0.717) is 5.56 Å². The number of rotatable bonds is 4. The number of hydrogen-bond acceptors (Lipinski definition) is 1. The fraction of sp³-hybridized carbons (Fsp3) is 0.105. The van der Waals surface area contributed by atoms with Gasteiger partial charge in [-0.3, -0.25) is 4.79 Å². The van der Waals surface area contributed by atoms with Crippen LogP contribution < -0.4 is 5.32 Å². The lowest BCUT2D eigenvalue weighted by Gasteiger charge is -2.15. The molecule has 3 nitrogen and oxygen atoms in total. The van der Waals surface area contributed by atoms with Crippen molar-refractivity contribution in [2.45, 2.75) is 13.0 Å². The van der Waals surface area contributed by atoms with Gasteiger partial charge in [-0.25, -0.2) is 0 Å². The molecule has 0 fully saturated rings. The van der Waals surface area contributed by atoms with Gasteiger partial charge in [0.1, 0.15) is 0 Å². The topological polar surface area (TPSA) is 34.0 Å². The van der Waals surface area contributed by atoms with E-state index < -0.39 is 0 Å². The second-order valence-electron chi connectivity index (χ2n) is 5.24. The van der Waals surface area contributed by atoms with Crippen LogP contribution >= 0.6 is 0 Å². The van der Waals surface area contributed by atoms with Crippen molar-refractivity contribution in [3.8, 4) is 5.69 Å². The second kappa shape index (κ2) is 6.31. The highest BCUT2D eigenvalue weighted by Gasteiger charge is 2.11. The summed E-state index contributed by atoms with van der Waals surface area (Å²) < 4.78 is 2.05. The molecule has 1 amide bonds. The number of hydrogen-bond donors (Lipinski definition) is 1. The fourth-order valence-corrected chi connectivity index (χ4v) is 2.39. The van der Waals surface area contributed by atoms with E-state index >= 15 is 0 Å². The van der Waals surface area contributed by atoms with E-state index in [0.717, 1.165) is 11.3 Å². The fourth-order valence-electron chi connectivity index (χ4n) is 2.39. The van der Waals surface area contributed by atoms with Crippen LogP contribution in [-0.4, -0.2) is 10.5 Å². The van der Waals surface area contributed by atoms with Crippen molar-refractivity contribution in [1.29, 1.82) is 0 Å². The molecular weight excluding hydrogens is 272 g/mol. The highest BCUT2D eigenvalue weighted by molar-refractivity contribution is 5.94. The third-order valence-electron chi connectivity index (χ3n) is 3.68. The average Bonchev–Trinajstić information content (AvgIpc) is 3.10. The Labute approximate surface area is 130 Å². The van der Waals surface area contributed by atoms with Crippen molar-refractivity contribution in [3.05, 3.63) is 90.3 Å². The molecule has 3 heteroatoms. The van der Waals surface area contributed by atoms with Crippen LogP contribution in [0.4, 0.5) is 0 Å². The van der Waals surface area contributed by atoms with Crippen LogP contribution in [0.5, 0.6) is 0 Å². The standard InChI is InChI=1S/C19H18N2O/c1-15(20-19(22)17-7-3-2-4-8-17)16-9-11-18(12-10-16)21-13-5-6-14-21/h2-15H,1H3,(H,20,22). The number of benzene rings is 2. The van der Waals surface area contributed by atoms with E-state index in [-0.39, 0.29) is 11.9 Å². The maximum atomic E-state index is 12.2. The van der Waals surface area contributed by atoms with Gasteiger partial charge in [-0.15, -0.1) is 0 Å². The Balaban J connectivity index is 1.70. The maximum absolute atomic E-state index is 12.2. The Kier molecular flexibility index (Phi) is 4.05. The summed E-state index contributed by atoms with van der Waals surface area (Å²) in [5.41, 5.74) is 2.87. The van der Waals surface area contributed by atoms with Crippen molar-refractivity contribution in [2.24, 2.45) is 0 Å². The predicted octanol–water partition coefficient (Wildman–Crippen LogP) is 3.97. The Morgan fingerprint density at radius 3 is 2.18 bits per heavy atom. The number of aromatic nitrogens is 1. The maximum Gasteiger partial charge on any atom is 0.251 e. The lowest BCUT2D eigenvalue weighted by Crippen LogP contribution is -2.26. The summed E-state index contributed by atoms with van der Waals surface area (Å²) in [6, 6.07) is 21.4. The molecule has 2 aromatic carbocycles. The van der Waals surface area contributed by atoms with Crippen molar-refractivity contribution in [3.63, 3.8) is 0 Å². The van der Waals surface area contributed by atoms with Gasteiger partial charge in [0.05, 0.1) is 6.04 Å². The molecule has 1 heterocycles. The van der Waals surface area contributed by atoms with Crippen molar-refractivity contribution in [1.82, 2.24) is 9.88 Å². The van der Waals surface area contributed by atoms with Gasteiger partial charge in [0.25, 0.3) is 5.91 Å². The normalized spacial score (nSPS) is 11.9. The molecular formula is C19H18N2O. The lowest BCUT2D eigenvalue weighted by molar-refractivity contribution is 0.0940. The molecule has 0 radical (unpaired) electrons. The Morgan fingerprint density at radius 2 is 1.55 bits per heavy atom. The SMILES string of the molecule is CC(NC(=O)c1ccccc1)c1ccc(-n2cccc2)cc1. The molecule has 110 valence electrons. The smallest absolute Gasteiger partial charge is 0.251 e. The first kappa shape index (κ1) is 14.1. The largest absolute Gasteiger partial charge is 0.346 e. The second-order valence-corrected chi connectivity index (χ2v) is 5.24. The molecule has 0 saturated heterocycles. The lowest BCUT2D eigenvalue weighted by atomic mass is 10.1. The Hall–Kier alpha value is -2.81. The first-order chi connectivity index (χ1) is 10.7. The van der Waals surface area contributed by atoms with Crippen LogP contribution in [0.25, 0.3) is 5.69 Å². The molecule has 3 aromatic rings. The number of carbonyl (C=O) groups excluding carboxylic acids is 1. The van der Waals surface area contributed by atoms with E-state index in [1.54, 1.807) is 0 Å². The molecule has 22 heavy (non-hydrogen) atoms. The summed E-state index contributed by atoms with van der Waals surface area (Å²) in [6.45, 7) is 1.99. The van der Waals surface area contributed by atoms with Gasteiger partial charge in [-0.1, -0.05) is 30.3 Å². The summed E-state index contributed by atoms with van der Waals surface area (Å²) in [5, 5.41) is 3.02. The Bertz CT molecular complexity index is 731. The molecule has 0 aliphatic heterocycles. The molecule has 1 aromatic heterocycles. The number of nitrogens with zero attached hydrogens (tertiary/aromatic N) is 1. The predicted molar refractivity (Wildman–Crippen MR) is 88.1 cm³/mol. The zero-order valence-electron chi connectivity index (χ0n) is 12.4. The molecule has 1 atom stereocenters. The summed E-state index contributed by atoms with van der Waals surface area (Å²) in [7, 11) is 0. The molecule has 0 spiro atoms. The van der Waals surface area contributed by atoms with Crippen molar-refractivity contribution in [2.75, 3.05) is 0 Å². The third-order valence-corrected chi connectivity index (χ3v) is 3.68. The van der Waals surface area contributed by atoms with Gasteiger partial charge in [-0.05, 0) is 48.9 Å². The summed E-state index contributed by atoms with van der Waals surface area (Å²) >= 11 is 0. The van der Waals surface area contributed by atoms with Gasteiger partial charge in [0, 0.05) is 23.6 Å². The molecule has 1 unspecified atom stereocenters. The third kappa shape index (κ3) is 3.09. The average molecular weight is 290 g/mol. The van der Waals surface area contributed by atoms with Crippen LogP contribution in [0.1, 0.15) is 28.9 Å². The quantitative estimate of drug-likeness (QED) is 0.775. The van der Waals surface area contributed by atoms with Crippen LogP contribution in [-0.2, 0) is 0 Å². The number of amides is 1. The van der Waals surface area contributed by atoms with Crippen LogP contribution in [0.15, 0.2) is 79.1 Å². The minimum Gasteiger partial charge on any atom is -0.346 e. The van der Waals surface area contributed by atoms with Gasteiger partial charge in [-0.2, -0.15) is 0 Å². The van der Waals surface area contributed by atoms with Crippen molar-refractivity contribution >= 4 is 5.91 Å². The number of nitrogens with one attached hydrogen (secondary N) is 1. The molecule has 0 aliphatic rings. The summed E-state index contributed by atoms with van der Waals surface area (Å²) in [5.74, 6) is -0.0532. The first-order valence-corrected chi connectivity index (χ1v) is 7.33. The van der Waals surface area contributed by atoms with E-state index in [1.165, 1.54) is 0 Å². The Morgan fingerprint density at radius 1 is 0.909 bits per heavy atom. The van der Waals surface area contributed by atoms with Crippen LogP contribution in [0.3, 0.4) is 0 Å². The monoisotopic (exact) mass is 290 g/mol. The molecule has 0 saturated carbocycles. The molecule has 1 N–H and O–H groups in total. The highest BCUT2D eigenvalue weighted by atomic mass is 16.1. The zero-order chi connectivity index (χ0) is 15.4. The number of carbonyl (C=O) groups is 1. The van der Waals surface area contributed by atoms with Gasteiger partial charge in [0.2, 0.25) is 0 Å². The van der Waals surface area contributed by atoms with Gasteiger partial charge < -0.3 is 9.88 Å². The molecule has 3 rings (SSSR count). The van der Waals surface area contributed by atoms with E-state index in [4.69, 9.17) is 0 Å². The highest BCUT2D eigenvalue weighted by Crippen LogP contribution is 2.16. The van der Waals surface area contributed by atoms with Crippen LogP contribution in [0, 0.1) is 0 Å². The van der Waals surface area contributed by atoms with Crippen LogP contribution in [0.2, 0.25) is 0 Å². The minimum absolute atomic E-state index is 0.0357. The first-order valence-electron chi connectivity index (χ1n) is 7.33. The van der Waals surface area contributed by atoms with E-state index in [2.05, 4.69) is 22.0 Å².